The first-order valence-electron chi connectivity index (χ1n) is 13.2. The number of benzene rings is 2. The van der Waals surface area contributed by atoms with Crippen LogP contribution >= 0.6 is 0 Å². The zero-order valence-electron chi connectivity index (χ0n) is 22.1. The van der Waals surface area contributed by atoms with Gasteiger partial charge in [-0.1, -0.05) is 32.4 Å². The SMILES string of the molecule is CCCCc1ccc(S(=O)(=O)N2CCN(c3cc(S(=O)(=O)N4CCC[C@@H](C)C4)ccc3OC)CC2)cc1. The molecule has 0 radical (unpaired) electrons. The second-order valence-electron chi connectivity index (χ2n) is 10.1. The lowest BCUT2D eigenvalue weighted by Crippen LogP contribution is -2.48. The highest BCUT2D eigenvalue weighted by atomic mass is 32.2. The molecular weight excluding hydrogens is 510 g/mol. The van der Waals surface area contributed by atoms with Gasteiger partial charge in [-0.2, -0.15) is 8.61 Å². The van der Waals surface area contributed by atoms with E-state index >= 15 is 0 Å². The molecule has 2 aliphatic heterocycles. The average molecular weight is 550 g/mol. The highest BCUT2D eigenvalue weighted by molar-refractivity contribution is 7.89. The fourth-order valence-corrected chi connectivity index (χ4v) is 8.16. The van der Waals surface area contributed by atoms with E-state index < -0.39 is 20.0 Å². The maximum Gasteiger partial charge on any atom is 0.243 e. The standard InChI is InChI=1S/C27H39N3O5S2/c1-4-5-8-23-9-11-24(12-10-23)36(31,32)29-18-16-28(17-19-29)26-20-25(13-14-27(26)35-3)37(33,34)30-15-6-7-22(2)21-30/h9-14,20,22H,4-8,15-19,21H2,1-3H3/t22-/m1/s1. The first-order chi connectivity index (χ1) is 17.7. The van der Waals surface area contributed by atoms with E-state index in [1.165, 1.54) is 4.31 Å². The van der Waals surface area contributed by atoms with Crippen molar-refractivity contribution in [3.8, 4) is 5.75 Å². The number of ether oxygens (including phenoxy) is 1. The molecule has 0 aromatic heterocycles. The fraction of sp³-hybridized carbons (Fsp3) is 0.556. The number of hydrogen-bond acceptors (Lipinski definition) is 6. The summed E-state index contributed by atoms with van der Waals surface area (Å²) in [5.74, 6) is 0.911. The van der Waals surface area contributed by atoms with E-state index in [2.05, 4.69) is 13.8 Å². The van der Waals surface area contributed by atoms with Crippen LogP contribution in [0.1, 0.15) is 45.1 Å². The van der Waals surface area contributed by atoms with Crippen LogP contribution in [0, 0.1) is 5.92 Å². The largest absolute Gasteiger partial charge is 0.495 e. The van der Waals surface area contributed by atoms with Crippen molar-refractivity contribution in [2.45, 2.75) is 55.7 Å². The van der Waals surface area contributed by atoms with Crippen LogP contribution < -0.4 is 9.64 Å². The monoisotopic (exact) mass is 549 g/mol. The maximum atomic E-state index is 13.4. The molecule has 0 aliphatic carbocycles. The van der Waals surface area contributed by atoms with E-state index in [4.69, 9.17) is 4.74 Å². The Hall–Kier alpha value is -2.14. The maximum absolute atomic E-state index is 13.4. The molecule has 2 heterocycles. The van der Waals surface area contributed by atoms with Gasteiger partial charge in [0, 0.05) is 39.3 Å². The third-order valence-electron chi connectivity index (χ3n) is 7.37. The summed E-state index contributed by atoms with van der Waals surface area (Å²) < 4.78 is 61.9. The quantitative estimate of drug-likeness (QED) is 0.471. The van der Waals surface area contributed by atoms with E-state index in [1.54, 1.807) is 41.7 Å². The highest BCUT2D eigenvalue weighted by Crippen LogP contribution is 2.34. The lowest BCUT2D eigenvalue weighted by molar-refractivity contribution is 0.281. The van der Waals surface area contributed by atoms with Gasteiger partial charge in [-0.15, -0.1) is 0 Å². The molecule has 2 aliphatic rings. The smallest absolute Gasteiger partial charge is 0.243 e. The number of anilines is 1. The van der Waals surface area contributed by atoms with Crippen LogP contribution in [0.3, 0.4) is 0 Å². The van der Waals surface area contributed by atoms with Crippen molar-refractivity contribution in [3.63, 3.8) is 0 Å². The summed E-state index contributed by atoms with van der Waals surface area (Å²) in [6.07, 6.45) is 5.03. The predicted octanol–water partition coefficient (Wildman–Crippen LogP) is 3.97. The molecule has 2 saturated heterocycles. The molecule has 37 heavy (non-hydrogen) atoms. The Morgan fingerprint density at radius 3 is 2.14 bits per heavy atom. The van der Waals surface area contributed by atoms with Gasteiger partial charge < -0.3 is 9.64 Å². The molecule has 10 heteroatoms. The topological polar surface area (TPSA) is 87.2 Å². The van der Waals surface area contributed by atoms with E-state index in [0.29, 0.717) is 61.5 Å². The van der Waals surface area contributed by atoms with E-state index in [1.807, 2.05) is 17.0 Å². The summed E-state index contributed by atoms with van der Waals surface area (Å²) in [5, 5.41) is 0. The Bertz CT molecular complexity index is 1270. The van der Waals surface area contributed by atoms with E-state index in [9.17, 15) is 16.8 Å². The van der Waals surface area contributed by atoms with Crippen molar-refractivity contribution in [2.24, 2.45) is 5.92 Å². The number of nitrogens with zero attached hydrogens (tertiary/aromatic N) is 3. The minimum atomic E-state index is -3.62. The molecule has 4 rings (SSSR count). The van der Waals surface area contributed by atoms with Gasteiger partial charge >= 0.3 is 0 Å². The van der Waals surface area contributed by atoms with Gasteiger partial charge in [0.1, 0.15) is 5.75 Å². The molecule has 0 saturated carbocycles. The molecule has 0 spiro atoms. The molecule has 1 atom stereocenters. The molecule has 0 unspecified atom stereocenters. The Balaban J connectivity index is 1.49. The number of sulfonamides is 2. The summed E-state index contributed by atoms with van der Waals surface area (Å²) in [4.78, 5) is 2.56. The predicted molar refractivity (Wildman–Crippen MR) is 146 cm³/mol. The van der Waals surface area contributed by atoms with Gasteiger partial charge in [0.25, 0.3) is 0 Å². The van der Waals surface area contributed by atoms with Crippen LogP contribution in [0.2, 0.25) is 0 Å². The van der Waals surface area contributed by atoms with Gasteiger partial charge in [0.05, 0.1) is 22.6 Å². The lowest BCUT2D eigenvalue weighted by Gasteiger charge is -2.36. The molecular formula is C27H39N3O5S2. The zero-order chi connectivity index (χ0) is 26.6. The van der Waals surface area contributed by atoms with Crippen LogP contribution in [0.25, 0.3) is 0 Å². The van der Waals surface area contributed by atoms with Crippen molar-refractivity contribution < 1.29 is 21.6 Å². The van der Waals surface area contributed by atoms with Crippen LogP contribution in [0.15, 0.2) is 52.3 Å². The molecule has 8 nitrogen and oxygen atoms in total. The van der Waals surface area contributed by atoms with Gasteiger partial charge in [-0.05, 0) is 67.5 Å². The molecule has 0 bridgehead atoms. The van der Waals surface area contributed by atoms with Crippen molar-refractivity contribution >= 4 is 25.7 Å². The van der Waals surface area contributed by atoms with Gasteiger partial charge in [-0.25, -0.2) is 16.8 Å². The van der Waals surface area contributed by atoms with Crippen molar-refractivity contribution in [3.05, 3.63) is 48.0 Å². The summed E-state index contributed by atoms with van der Waals surface area (Å²) >= 11 is 0. The summed E-state index contributed by atoms with van der Waals surface area (Å²) in [5.41, 5.74) is 1.82. The minimum absolute atomic E-state index is 0.246. The van der Waals surface area contributed by atoms with Gasteiger partial charge in [0.2, 0.25) is 20.0 Å². The number of unbranched alkanes of at least 4 members (excludes halogenated alkanes) is 1. The average Bonchev–Trinajstić information content (AvgIpc) is 2.91. The van der Waals surface area contributed by atoms with Crippen LogP contribution in [0.5, 0.6) is 5.75 Å². The number of aryl methyl sites for hydroxylation is 1. The van der Waals surface area contributed by atoms with E-state index in [0.717, 1.165) is 37.7 Å². The summed E-state index contributed by atoms with van der Waals surface area (Å²) in [7, 11) is -5.66. The lowest BCUT2D eigenvalue weighted by atomic mass is 10.0. The number of hydrogen-bond donors (Lipinski definition) is 0. The second-order valence-corrected chi connectivity index (χ2v) is 14.0. The van der Waals surface area contributed by atoms with Crippen LogP contribution in [0.4, 0.5) is 5.69 Å². The minimum Gasteiger partial charge on any atom is -0.495 e. The highest BCUT2D eigenvalue weighted by Gasteiger charge is 2.32. The summed E-state index contributed by atoms with van der Waals surface area (Å²) in [6, 6.07) is 12.2. The van der Waals surface area contributed by atoms with Crippen molar-refractivity contribution in [2.75, 3.05) is 51.3 Å². The van der Waals surface area contributed by atoms with Crippen molar-refractivity contribution in [1.29, 1.82) is 0 Å². The normalized spacial score (nSPS) is 20.2. The molecule has 2 aromatic carbocycles. The Morgan fingerprint density at radius 2 is 1.51 bits per heavy atom. The Kier molecular flexibility index (Phi) is 8.83. The van der Waals surface area contributed by atoms with Crippen LogP contribution in [-0.4, -0.2) is 71.8 Å². The summed E-state index contributed by atoms with van der Waals surface area (Å²) in [6.45, 7) is 6.77. The zero-order valence-corrected chi connectivity index (χ0v) is 23.7. The molecule has 2 aromatic rings. The van der Waals surface area contributed by atoms with E-state index in [-0.39, 0.29) is 4.90 Å². The number of piperazine rings is 1. The number of methoxy groups -OCH3 is 1. The number of piperidine rings is 1. The first-order valence-corrected chi connectivity index (χ1v) is 16.1. The third kappa shape index (κ3) is 6.13. The molecule has 2 fully saturated rings. The third-order valence-corrected chi connectivity index (χ3v) is 11.1. The molecule has 0 amide bonds. The van der Waals surface area contributed by atoms with Gasteiger partial charge in [0.15, 0.2) is 0 Å². The second kappa shape index (κ2) is 11.7. The Labute approximate surface area is 222 Å². The molecule has 0 N–H and O–H groups in total. The van der Waals surface area contributed by atoms with Gasteiger partial charge in [-0.3, -0.25) is 0 Å². The first kappa shape index (κ1) is 27.9. The Morgan fingerprint density at radius 1 is 0.865 bits per heavy atom. The fourth-order valence-electron chi connectivity index (χ4n) is 5.12. The molecule has 204 valence electrons. The number of rotatable bonds is 9. The van der Waals surface area contributed by atoms with Crippen molar-refractivity contribution in [1.82, 2.24) is 8.61 Å². The van der Waals surface area contributed by atoms with Crippen LogP contribution in [-0.2, 0) is 26.5 Å².